The molecule has 3 aliphatic heterocycles. The van der Waals surface area contributed by atoms with Crippen molar-refractivity contribution < 1.29 is 33.3 Å². The number of piperidine rings is 1. The van der Waals surface area contributed by atoms with E-state index in [0.717, 1.165) is 16.8 Å². The van der Waals surface area contributed by atoms with Gasteiger partial charge in [-0.2, -0.15) is 0 Å². The second kappa shape index (κ2) is 16.9. The number of amides is 3. The van der Waals surface area contributed by atoms with E-state index in [0.29, 0.717) is 82.2 Å². The zero-order valence-corrected chi connectivity index (χ0v) is 27.2. The van der Waals surface area contributed by atoms with Crippen LogP contribution < -0.4 is 14.8 Å². The largest absolute Gasteiger partial charge is 0.493 e. The fourth-order valence-electron chi connectivity index (χ4n) is 5.94. The van der Waals surface area contributed by atoms with Gasteiger partial charge < -0.3 is 34.1 Å². The van der Waals surface area contributed by atoms with Gasteiger partial charge in [-0.05, 0) is 73.2 Å². The van der Waals surface area contributed by atoms with Crippen LogP contribution >= 0.6 is 0 Å². The molecule has 1 aromatic heterocycles. The molecule has 1 N–H and O–H groups in total. The van der Waals surface area contributed by atoms with Crippen LogP contribution in [0.1, 0.15) is 42.5 Å². The van der Waals surface area contributed by atoms with Gasteiger partial charge in [0.2, 0.25) is 17.7 Å². The maximum absolute atomic E-state index is 13.5. The Morgan fingerprint density at radius 1 is 1.04 bits per heavy atom. The highest BCUT2D eigenvalue weighted by molar-refractivity contribution is 5.85. The normalized spacial score (nSPS) is 19.1. The maximum atomic E-state index is 13.5. The third kappa shape index (κ3) is 9.76. The Labute approximate surface area is 276 Å². The van der Waals surface area contributed by atoms with E-state index in [-0.39, 0.29) is 36.8 Å². The molecule has 0 unspecified atom stereocenters. The number of hydrogen-bond acceptors (Lipinski definition) is 8. The molecule has 4 bridgehead atoms. The van der Waals surface area contributed by atoms with Crippen molar-refractivity contribution in [3.8, 4) is 17.2 Å². The molecule has 0 aliphatic carbocycles. The Morgan fingerprint density at radius 2 is 1.94 bits per heavy atom. The Bertz CT molecular complexity index is 1500. The van der Waals surface area contributed by atoms with Crippen molar-refractivity contribution in [3.05, 3.63) is 83.7 Å². The highest BCUT2D eigenvalue weighted by Gasteiger charge is 2.34. The molecule has 3 aliphatic rings. The molecule has 0 spiro atoms. The standard InChI is InChI=1S/C36H44N4O7/c1-44-20-6-18-39-24-34(41)38-30-23-40(36(43)15-12-28-8-3-4-17-37-28)19-16-31(30)46-25-27-7-5-9-29(21-27)47-32-13-10-26(11-14-35(39)42)22-33(32)45-2/h3-5,7-10,13,17,21-22,30-31H,6,11-12,14-16,18-20,23-25H2,1-2H3,(H,38,41)/t30-,31+/m0/s1. The van der Waals surface area contributed by atoms with Crippen molar-refractivity contribution in [1.29, 1.82) is 0 Å². The Morgan fingerprint density at radius 3 is 2.74 bits per heavy atom. The van der Waals surface area contributed by atoms with Crippen LogP contribution in [-0.4, -0.2) is 91.7 Å². The third-order valence-electron chi connectivity index (χ3n) is 8.48. The van der Waals surface area contributed by atoms with Gasteiger partial charge in [-0.1, -0.05) is 24.3 Å². The molecule has 1 saturated heterocycles. The summed E-state index contributed by atoms with van der Waals surface area (Å²) in [5.74, 6) is 1.34. The first-order valence-corrected chi connectivity index (χ1v) is 16.2. The molecule has 11 nitrogen and oxygen atoms in total. The number of methoxy groups -OCH3 is 2. The zero-order valence-electron chi connectivity index (χ0n) is 27.2. The Hall–Kier alpha value is -4.48. The summed E-state index contributed by atoms with van der Waals surface area (Å²) in [6.45, 7) is 1.87. The number of aryl methyl sites for hydroxylation is 2. The van der Waals surface area contributed by atoms with E-state index in [9.17, 15) is 14.4 Å². The van der Waals surface area contributed by atoms with Crippen LogP contribution in [0.2, 0.25) is 0 Å². The summed E-state index contributed by atoms with van der Waals surface area (Å²) < 4.78 is 23.4. The average molecular weight is 645 g/mol. The first kappa shape index (κ1) is 33.9. The van der Waals surface area contributed by atoms with Crippen LogP contribution in [0.3, 0.4) is 0 Å². The van der Waals surface area contributed by atoms with Crippen LogP contribution in [0.5, 0.6) is 17.2 Å². The van der Waals surface area contributed by atoms with E-state index < -0.39 is 6.04 Å². The molecular weight excluding hydrogens is 600 g/mol. The summed E-state index contributed by atoms with van der Waals surface area (Å²) in [5, 5.41) is 3.11. The van der Waals surface area contributed by atoms with E-state index in [1.807, 2.05) is 60.7 Å². The van der Waals surface area contributed by atoms with Crippen molar-refractivity contribution in [1.82, 2.24) is 20.1 Å². The smallest absolute Gasteiger partial charge is 0.239 e. The number of benzene rings is 2. The number of hydrogen-bond donors (Lipinski definition) is 1. The molecule has 3 aromatic rings. The summed E-state index contributed by atoms with van der Waals surface area (Å²) in [6, 6.07) is 18.5. The van der Waals surface area contributed by atoms with Gasteiger partial charge in [0, 0.05) is 58.1 Å². The summed E-state index contributed by atoms with van der Waals surface area (Å²) >= 11 is 0. The number of fused-ring (bicyclic) bond motifs is 9. The number of ether oxygens (including phenoxy) is 4. The van der Waals surface area contributed by atoms with Gasteiger partial charge in [-0.15, -0.1) is 0 Å². The molecule has 4 heterocycles. The number of nitrogens with one attached hydrogen (secondary N) is 1. The number of rotatable bonds is 8. The van der Waals surface area contributed by atoms with E-state index in [4.69, 9.17) is 18.9 Å². The lowest BCUT2D eigenvalue weighted by Gasteiger charge is -2.39. The lowest BCUT2D eigenvalue weighted by atomic mass is 10.0. The van der Waals surface area contributed by atoms with Gasteiger partial charge in [-0.3, -0.25) is 19.4 Å². The lowest BCUT2D eigenvalue weighted by molar-refractivity contribution is -0.139. The predicted molar refractivity (Wildman–Crippen MR) is 175 cm³/mol. The molecule has 47 heavy (non-hydrogen) atoms. The first-order chi connectivity index (χ1) is 22.9. The molecule has 0 saturated carbocycles. The molecular formula is C36H44N4O7. The minimum atomic E-state index is -0.452. The minimum Gasteiger partial charge on any atom is -0.493 e. The van der Waals surface area contributed by atoms with Crippen LogP contribution in [0.15, 0.2) is 66.9 Å². The number of carbonyl (C=O) groups excluding carboxylic acids is 3. The van der Waals surface area contributed by atoms with E-state index >= 15 is 0 Å². The van der Waals surface area contributed by atoms with E-state index in [1.54, 1.807) is 30.2 Å². The molecule has 2 atom stereocenters. The lowest BCUT2D eigenvalue weighted by Crippen LogP contribution is -2.58. The van der Waals surface area contributed by atoms with Crippen molar-refractivity contribution in [2.45, 2.75) is 57.3 Å². The fourth-order valence-corrected chi connectivity index (χ4v) is 5.94. The molecule has 1 fully saturated rings. The fraction of sp³-hybridized carbons (Fsp3) is 0.444. The van der Waals surface area contributed by atoms with E-state index in [2.05, 4.69) is 10.3 Å². The number of pyridine rings is 1. The zero-order chi connectivity index (χ0) is 33.0. The van der Waals surface area contributed by atoms with Crippen LogP contribution in [0, 0.1) is 0 Å². The average Bonchev–Trinajstić information content (AvgIpc) is 3.09. The van der Waals surface area contributed by atoms with Gasteiger partial charge in [0.25, 0.3) is 0 Å². The minimum absolute atomic E-state index is 0.00220. The van der Waals surface area contributed by atoms with Crippen molar-refractivity contribution in [2.24, 2.45) is 0 Å². The number of carbonyl (C=O) groups is 3. The van der Waals surface area contributed by atoms with Crippen molar-refractivity contribution in [3.63, 3.8) is 0 Å². The molecule has 0 radical (unpaired) electrons. The first-order valence-electron chi connectivity index (χ1n) is 16.2. The predicted octanol–water partition coefficient (Wildman–Crippen LogP) is 3.93. The second-order valence-corrected chi connectivity index (χ2v) is 11.9. The van der Waals surface area contributed by atoms with Gasteiger partial charge in [0.15, 0.2) is 11.5 Å². The van der Waals surface area contributed by atoms with Gasteiger partial charge in [0.1, 0.15) is 5.75 Å². The highest BCUT2D eigenvalue weighted by atomic mass is 16.5. The topological polar surface area (TPSA) is 120 Å². The quantitative estimate of drug-likeness (QED) is 0.367. The molecule has 250 valence electrons. The summed E-state index contributed by atoms with van der Waals surface area (Å²) in [6.07, 6.45) is 4.09. The SMILES string of the molecule is COCCCN1CC(=O)N[C@H]2CN(C(=O)CCc3ccccn3)CC[C@H]2OCc2cccc(c2)Oc2ccc(cc2OC)CCC1=O. The van der Waals surface area contributed by atoms with Crippen molar-refractivity contribution in [2.75, 3.05) is 47.0 Å². The van der Waals surface area contributed by atoms with Gasteiger partial charge >= 0.3 is 0 Å². The highest BCUT2D eigenvalue weighted by Crippen LogP contribution is 2.33. The number of likely N-dealkylation sites (tertiary alicyclic amines) is 1. The van der Waals surface area contributed by atoms with Crippen molar-refractivity contribution >= 4 is 17.7 Å². The number of nitrogens with zero attached hydrogens (tertiary/aromatic N) is 3. The van der Waals surface area contributed by atoms with Crippen LogP contribution in [-0.2, 0) is 43.3 Å². The molecule has 2 aromatic carbocycles. The summed E-state index contributed by atoms with van der Waals surface area (Å²) in [5.41, 5.74) is 2.69. The number of aromatic nitrogens is 1. The monoisotopic (exact) mass is 644 g/mol. The second-order valence-electron chi connectivity index (χ2n) is 11.9. The molecule has 3 amide bonds. The summed E-state index contributed by atoms with van der Waals surface area (Å²) in [7, 11) is 3.20. The van der Waals surface area contributed by atoms with Gasteiger partial charge in [0.05, 0.1) is 32.4 Å². The Kier molecular flexibility index (Phi) is 12.2. The third-order valence-corrected chi connectivity index (χ3v) is 8.48. The van der Waals surface area contributed by atoms with E-state index in [1.165, 1.54) is 0 Å². The van der Waals surface area contributed by atoms with Gasteiger partial charge in [-0.25, -0.2) is 0 Å². The van der Waals surface area contributed by atoms with Crippen LogP contribution in [0.4, 0.5) is 0 Å². The molecule has 6 rings (SSSR count). The summed E-state index contributed by atoms with van der Waals surface area (Å²) in [4.78, 5) is 47.9. The maximum Gasteiger partial charge on any atom is 0.239 e. The molecule has 11 heteroatoms. The Balaban J connectivity index is 1.36. The van der Waals surface area contributed by atoms with Crippen LogP contribution in [0.25, 0.3) is 0 Å².